The van der Waals surface area contributed by atoms with E-state index in [2.05, 4.69) is 16.9 Å². The summed E-state index contributed by atoms with van der Waals surface area (Å²) in [4.78, 5) is 17.6. The van der Waals surface area contributed by atoms with Gasteiger partial charge in [0.25, 0.3) is 0 Å². The van der Waals surface area contributed by atoms with Crippen molar-refractivity contribution in [3.63, 3.8) is 0 Å². The summed E-state index contributed by atoms with van der Waals surface area (Å²) in [5.41, 5.74) is 0. The highest BCUT2D eigenvalue weighted by molar-refractivity contribution is 7.13. The van der Waals surface area contributed by atoms with Gasteiger partial charge in [0.1, 0.15) is 4.88 Å². The smallest absolute Gasteiger partial charge is 0.347 e. The Morgan fingerprint density at radius 1 is 1.60 bits per heavy atom. The minimum Gasteiger partial charge on any atom is -0.477 e. The molecule has 0 spiro atoms. The van der Waals surface area contributed by atoms with Crippen molar-refractivity contribution in [2.75, 3.05) is 20.1 Å². The predicted molar refractivity (Wildman–Crippen MR) is 58.5 cm³/mol. The summed E-state index contributed by atoms with van der Waals surface area (Å²) in [5.74, 6) is -0.411. The summed E-state index contributed by atoms with van der Waals surface area (Å²) in [6.45, 7) is 2.15. The lowest BCUT2D eigenvalue weighted by molar-refractivity contribution is 0.0702. The van der Waals surface area contributed by atoms with Gasteiger partial charge in [0, 0.05) is 5.92 Å². The second-order valence-electron chi connectivity index (χ2n) is 3.95. The number of likely N-dealkylation sites (tertiary alicyclic amines) is 1. The molecular weight excluding hydrogens is 212 g/mol. The molecule has 0 aromatic carbocycles. The van der Waals surface area contributed by atoms with Crippen molar-refractivity contribution in [2.45, 2.75) is 18.8 Å². The number of hydrogen-bond donors (Lipinski definition) is 1. The van der Waals surface area contributed by atoms with Gasteiger partial charge in [-0.2, -0.15) is 0 Å². The van der Waals surface area contributed by atoms with E-state index in [1.54, 1.807) is 0 Å². The van der Waals surface area contributed by atoms with Crippen molar-refractivity contribution < 1.29 is 9.90 Å². The molecular formula is C10H14N2O2S. The van der Waals surface area contributed by atoms with Crippen LogP contribution < -0.4 is 0 Å². The SMILES string of the molecule is CN1CCC(c2ncc(C(=O)O)s2)CC1. The zero-order valence-electron chi connectivity index (χ0n) is 8.64. The van der Waals surface area contributed by atoms with E-state index in [0.29, 0.717) is 10.8 Å². The molecule has 2 rings (SSSR count). The van der Waals surface area contributed by atoms with Crippen LogP contribution in [0.25, 0.3) is 0 Å². The van der Waals surface area contributed by atoms with E-state index >= 15 is 0 Å². The van der Waals surface area contributed by atoms with E-state index in [1.807, 2.05) is 0 Å². The molecule has 4 nitrogen and oxygen atoms in total. The van der Waals surface area contributed by atoms with Crippen LogP contribution in [0.5, 0.6) is 0 Å². The Bertz CT molecular complexity index is 356. The number of carbonyl (C=O) groups is 1. The van der Waals surface area contributed by atoms with Gasteiger partial charge < -0.3 is 10.0 Å². The zero-order chi connectivity index (χ0) is 10.8. The average Bonchev–Trinajstić information content (AvgIpc) is 2.68. The van der Waals surface area contributed by atoms with Gasteiger partial charge in [-0.25, -0.2) is 9.78 Å². The van der Waals surface area contributed by atoms with Gasteiger partial charge in [-0.1, -0.05) is 0 Å². The van der Waals surface area contributed by atoms with Crippen molar-refractivity contribution >= 4 is 17.3 Å². The normalized spacial score (nSPS) is 19.3. The minimum absolute atomic E-state index is 0.351. The maximum Gasteiger partial charge on any atom is 0.347 e. The first-order valence-corrected chi connectivity index (χ1v) is 5.86. The fraction of sp³-hybridized carbons (Fsp3) is 0.600. The zero-order valence-corrected chi connectivity index (χ0v) is 9.46. The molecule has 15 heavy (non-hydrogen) atoms. The van der Waals surface area contributed by atoms with Crippen LogP contribution >= 0.6 is 11.3 Å². The second-order valence-corrected chi connectivity index (χ2v) is 5.01. The summed E-state index contributed by atoms with van der Waals surface area (Å²) in [6, 6.07) is 0. The van der Waals surface area contributed by atoms with E-state index in [0.717, 1.165) is 30.9 Å². The van der Waals surface area contributed by atoms with Crippen LogP contribution in [0.3, 0.4) is 0 Å². The lowest BCUT2D eigenvalue weighted by Gasteiger charge is -2.27. The summed E-state index contributed by atoms with van der Waals surface area (Å²) in [7, 11) is 2.11. The highest BCUT2D eigenvalue weighted by atomic mass is 32.1. The lowest BCUT2D eigenvalue weighted by atomic mass is 9.98. The number of nitrogens with zero attached hydrogens (tertiary/aromatic N) is 2. The molecule has 0 saturated carbocycles. The van der Waals surface area contributed by atoms with E-state index < -0.39 is 5.97 Å². The molecule has 2 heterocycles. The molecule has 0 amide bonds. The summed E-state index contributed by atoms with van der Waals surface area (Å²) < 4.78 is 0. The standard InChI is InChI=1S/C10H14N2O2S/c1-12-4-2-7(3-5-12)9-11-6-8(15-9)10(13)14/h6-7H,2-5H2,1H3,(H,13,14). The van der Waals surface area contributed by atoms with E-state index in [-0.39, 0.29) is 0 Å². The van der Waals surface area contributed by atoms with Gasteiger partial charge in [-0.05, 0) is 33.0 Å². The highest BCUT2D eigenvalue weighted by Gasteiger charge is 2.22. The predicted octanol–water partition coefficient (Wildman–Crippen LogP) is 1.65. The van der Waals surface area contributed by atoms with E-state index in [1.165, 1.54) is 17.5 Å². The van der Waals surface area contributed by atoms with Gasteiger partial charge in [-0.3, -0.25) is 0 Å². The van der Waals surface area contributed by atoms with Crippen LogP contribution in [-0.4, -0.2) is 41.1 Å². The Balaban J connectivity index is 2.06. The average molecular weight is 226 g/mol. The second kappa shape index (κ2) is 4.28. The molecule has 1 aromatic rings. The molecule has 1 aromatic heterocycles. The Morgan fingerprint density at radius 2 is 2.27 bits per heavy atom. The van der Waals surface area contributed by atoms with Crippen LogP contribution in [0.15, 0.2) is 6.20 Å². The Labute approximate surface area is 92.6 Å². The van der Waals surface area contributed by atoms with Gasteiger partial charge >= 0.3 is 5.97 Å². The van der Waals surface area contributed by atoms with E-state index in [9.17, 15) is 4.79 Å². The first-order chi connectivity index (χ1) is 7.16. The maximum absolute atomic E-state index is 10.7. The molecule has 1 aliphatic rings. The molecule has 82 valence electrons. The number of piperidine rings is 1. The molecule has 1 N–H and O–H groups in total. The molecule has 0 unspecified atom stereocenters. The van der Waals surface area contributed by atoms with Crippen molar-refractivity contribution in [3.8, 4) is 0 Å². The van der Waals surface area contributed by atoms with E-state index in [4.69, 9.17) is 5.11 Å². The summed E-state index contributed by atoms with van der Waals surface area (Å²) in [5, 5.41) is 9.79. The fourth-order valence-electron chi connectivity index (χ4n) is 1.83. The number of aromatic carboxylic acids is 1. The topological polar surface area (TPSA) is 53.4 Å². The van der Waals surface area contributed by atoms with Crippen molar-refractivity contribution in [1.82, 2.24) is 9.88 Å². The largest absolute Gasteiger partial charge is 0.477 e. The highest BCUT2D eigenvalue weighted by Crippen LogP contribution is 2.30. The lowest BCUT2D eigenvalue weighted by Crippen LogP contribution is -2.29. The molecule has 0 atom stereocenters. The van der Waals surface area contributed by atoms with Gasteiger partial charge in [-0.15, -0.1) is 11.3 Å². The molecule has 1 aliphatic heterocycles. The maximum atomic E-state index is 10.7. The third kappa shape index (κ3) is 2.35. The van der Waals surface area contributed by atoms with Crippen molar-refractivity contribution in [3.05, 3.63) is 16.1 Å². The third-order valence-electron chi connectivity index (χ3n) is 2.80. The summed E-state index contributed by atoms with van der Waals surface area (Å²) in [6.07, 6.45) is 3.65. The van der Waals surface area contributed by atoms with Crippen LogP contribution in [0.2, 0.25) is 0 Å². The van der Waals surface area contributed by atoms with Crippen LogP contribution in [0.1, 0.15) is 33.4 Å². The summed E-state index contributed by atoms with van der Waals surface area (Å²) >= 11 is 1.32. The first-order valence-electron chi connectivity index (χ1n) is 5.04. The number of aromatic nitrogens is 1. The Hall–Kier alpha value is -0.940. The molecule has 0 aliphatic carbocycles. The molecule has 5 heteroatoms. The van der Waals surface area contributed by atoms with Gasteiger partial charge in [0.2, 0.25) is 0 Å². The molecule has 0 radical (unpaired) electrons. The molecule has 0 bridgehead atoms. The molecule has 1 fully saturated rings. The van der Waals surface area contributed by atoms with Crippen molar-refractivity contribution in [2.24, 2.45) is 0 Å². The number of carboxylic acid groups (broad SMARTS) is 1. The monoisotopic (exact) mass is 226 g/mol. The van der Waals surface area contributed by atoms with Crippen molar-refractivity contribution in [1.29, 1.82) is 0 Å². The third-order valence-corrected chi connectivity index (χ3v) is 3.95. The number of hydrogen-bond acceptors (Lipinski definition) is 4. The Kier molecular flexibility index (Phi) is 3.02. The molecule has 1 saturated heterocycles. The minimum atomic E-state index is -0.869. The number of rotatable bonds is 2. The Morgan fingerprint density at radius 3 is 2.80 bits per heavy atom. The quantitative estimate of drug-likeness (QED) is 0.833. The van der Waals surface area contributed by atoms with Crippen LogP contribution in [0, 0.1) is 0 Å². The number of thiazole rings is 1. The van der Waals surface area contributed by atoms with Gasteiger partial charge in [0.15, 0.2) is 0 Å². The first kappa shape index (κ1) is 10.6. The van der Waals surface area contributed by atoms with Crippen LogP contribution in [-0.2, 0) is 0 Å². The number of carboxylic acids is 1. The fourth-order valence-corrected chi connectivity index (χ4v) is 2.76. The van der Waals surface area contributed by atoms with Crippen LogP contribution in [0.4, 0.5) is 0 Å². The van der Waals surface area contributed by atoms with Gasteiger partial charge in [0.05, 0.1) is 11.2 Å².